The number of hydrogen-bond donors (Lipinski definition) is 1. The molecule has 0 saturated heterocycles. The fourth-order valence-electron chi connectivity index (χ4n) is 0.614. The van der Waals surface area contributed by atoms with E-state index in [-0.39, 0.29) is 17.8 Å². The standard InChI is InChI=1S/C6H7ClN2O2/c1-11-6-8-4(3-10)2-5(7)9-6/h2,10H,3H2,1H3. The minimum Gasteiger partial charge on any atom is -0.467 e. The lowest BCUT2D eigenvalue weighted by molar-refractivity contribution is 0.273. The molecule has 1 rings (SSSR count). The molecular formula is C6H7ClN2O2. The Kier molecular flexibility index (Phi) is 2.62. The van der Waals surface area contributed by atoms with Crippen molar-refractivity contribution in [1.29, 1.82) is 0 Å². The molecule has 0 amide bonds. The Bertz CT molecular complexity index is 232. The largest absolute Gasteiger partial charge is 0.467 e. The van der Waals surface area contributed by atoms with Crippen molar-refractivity contribution in [3.8, 4) is 6.01 Å². The van der Waals surface area contributed by atoms with Gasteiger partial charge in [-0.15, -0.1) is 0 Å². The summed E-state index contributed by atoms with van der Waals surface area (Å²) < 4.78 is 4.72. The SMILES string of the molecule is COc1nc(Cl)cc(CO)n1. The van der Waals surface area contributed by atoms with Crippen LogP contribution in [0.4, 0.5) is 0 Å². The van der Waals surface area contributed by atoms with E-state index >= 15 is 0 Å². The van der Waals surface area contributed by atoms with Gasteiger partial charge in [-0.3, -0.25) is 0 Å². The van der Waals surface area contributed by atoms with Crippen LogP contribution in [0.3, 0.4) is 0 Å². The molecule has 0 spiro atoms. The molecule has 0 aromatic carbocycles. The van der Waals surface area contributed by atoms with Gasteiger partial charge in [-0.1, -0.05) is 11.6 Å². The number of methoxy groups -OCH3 is 1. The second-order valence-corrected chi connectivity index (χ2v) is 2.21. The first-order chi connectivity index (χ1) is 5.26. The van der Waals surface area contributed by atoms with E-state index in [1.807, 2.05) is 0 Å². The Balaban J connectivity index is 3.02. The van der Waals surface area contributed by atoms with E-state index in [1.165, 1.54) is 13.2 Å². The molecule has 0 aliphatic heterocycles. The van der Waals surface area contributed by atoms with Gasteiger partial charge in [0.05, 0.1) is 19.4 Å². The van der Waals surface area contributed by atoms with E-state index in [2.05, 4.69) is 9.97 Å². The van der Waals surface area contributed by atoms with Gasteiger partial charge in [-0.2, -0.15) is 9.97 Å². The predicted molar refractivity (Wildman–Crippen MR) is 39.5 cm³/mol. The average Bonchev–Trinajstić information content (AvgIpc) is 2.03. The summed E-state index contributed by atoms with van der Waals surface area (Å²) in [6.45, 7) is -0.168. The first kappa shape index (κ1) is 8.23. The van der Waals surface area contributed by atoms with Gasteiger partial charge in [0, 0.05) is 0 Å². The summed E-state index contributed by atoms with van der Waals surface area (Å²) in [7, 11) is 1.44. The number of aliphatic hydroxyl groups is 1. The lowest BCUT2D eigenvalue weighted by Crippen LogP contribution is -1.96. The first-order valence-corrected chi connectivity index (χ1v) is 3.32. The third-order valence-corrected chi connectivity index (χ3v) is 1.27. The zero-order chi connectivity index (χ0) is 8.27. The third kappa shape index (κ3) is 2.03. The van der Waals surface area contributed by atoms with Gasteiger partial charge in [0.25, 0.3) is 0 Å². The lowest BCUT2D eigenvalue weighted by atomic mass is 10.4. The summed E-state index contributed by atoms with van der Waals surface area (Å²) in [4.78, 5) is 7.52. The summed E-state index contributed by atoms with van der Waals surface area (Å²) in [5.41, 5.74) is 0.446. The highest BCUT2D eigenvalue weighted by Crippen LogP contribution is 2.11. The van der Waals surface area contributed by atoms with Crippen LogP contribution in [0, 0.1) is 0 Å². The van der Waals surface area contributed by atoms with Gasteiger partial charge >= 0.3 is 6.01 Å². The molecule has 0 saturated carbocycles. The molecule has 1 aromatic rings. The highest BCUT2D eigenvalue weighted by molar-refractivity contribution is 6.29. The molecule has 5 heteroatoms. The Morgan fingerprint density at radius 1 is 1.64 bits per heavy atom. The third-order valence-electron chi connectivity index (χ3n) is 1.07. The van der Waals surface area contributed by atoms with Crippen LogP contribution in [-0.2, 0) is 6.61 Å². The lowest BCUT2D eigenvalue weighted by Gasteiger charge is -1.99. The summed E-state index contributed by atoms with van der Waals surface area (Å²) in [5, 5.41) is 8.94. The molecule has 4 nitrogen and oxygen atoms in total. The van der Waals surface area contributed by atoms with Crippen LogP contribution >= 0.6 is 11.6 Å². The van der Waals surface area contributed by atoms with Crippen LogP contribution < -0.4 is 4.74 Å². The summed E-state index contributed by atoms with van der Waals surface area (Å²) in [5.74, 6) is 0. The quantitative estimate of drug-likeness (QED) is 0.669. The van der Waals surface area contributed by atoms with Gasteiger partial charge in [0.2, 0.25) is 0 Å². The smallest absolute Gasteiger partial charge is 0.317 e. The number of rotatable bonds is 2. The predicted octanol–water partition coefficient (Wildman–Crippen LogP) is 0.631. The molecule has 0 aliphatic carbocycles. The van der Waals surface area contributed by atoms with Crippen molar-refractivity contribution >= 4 is 11.6 Å². The van der Waals surface area contributed by atoms with Crippen LogP contribution in [0.25, 0.3) is 0 Å². The minimum absolute atomic E-state index is 0.168. The topological polar surface area (TPSA) is 55.2 Å². The molecular weight excluding hydrogens is 168 g/mol. The first-order valence-electron chi connectivity index (χ1n) is 2.94. The normalized spacial score (nSPS) is 9.73. The van der Waals surface area contributed by atoms with Crippen molar-refractivity contribution < 1.29 is 9.84 Å². The number of aromatic nitrogens is 2. The maximum Gasteiger partial charge on any atom is 0.317 e. The fraction of sp³-hybridized carbons (Fsp3) is 0.333. The molecule has 0 unspecified atom stereocenters. The summed E-state index contributed by atoms with van der Waals surface area (Å²) in [6, 6.07) is 1.64. The van der Waals surface area contributed by atoms with Crippen molar-refractivity contribution in [2.45, 2.75) is 6.61 Å². The molecule has 0 fully saturated rings. The van der Waals surface area contributed by atoms with Crippen LogP contribution in [0.15, 0.2) is 6.07 Å². The molecule has 1 heterocycles. The number of nitrogens with zero attached hydrogens (tertiary/aromatic N) is 2. The van der Waals surface area contributed by atoms with Gasteiger partial charge in [0.15, 0.2) is 0 Å². The number of aliphatic hydroxyl groups excluding tert-OH is 1. The van der Waals surface area contributed by atoms with Gasteiger partial charge in [-0.05, 0) is 6.07 Å². The molecule has 0 atom stereocenters. The zero-order valence-corrected chi connectivity index (χ0v) is 6.67. The summed E-state index contributed by atoms with van der Waals surface area (Å²) >= 11 is 5.57. The number of halogens is 1. The summed E-state index contributed by atoms with van der Waals surface area (Å²) in [6.07, 6.45) is 0. The van der Waals surface area contributed by atoms with Crippen molar-refractivity contribution in [2.75, 3.05) is 7.11 Å². The molecule has 0 radical (unpaired) electrons. The minimum atomic E-state index is -0.168. The van der Waals surface area contributed by atoms with Crippen molar-refractivity contribution in [3.63, 3.8) is 0 Å². The number of hydrogen-bond acceptors (Lipinski definition) is 4. The molecule has 0 bridgehead atoms. The monoisotopic (exact) mass is 174 g/mol. The van der Waals surface area contributed by atoms with Crippen molar-refractivity contribution in [1.82, 2.24) is 9.97 Å². The second kappa shape index (κ2) is 3.50. The second-order valence-electron chi connectivity index (χ2n) is 1.83. The zero-order valence-electron chi connectivity index (χ0n) is 5.91. The Labute approximate surface area is 68.8 Å². The molecule has 0 aliphatic rings. The van der Waals surface area contributed by atoms with Crippen LogP contribution in [0.1, 0.15) is 5.69 Å². The van der Waals surface area contributed by atoms with E-state index in [9.17, 15) is 0 Å². The molecule has 1 aromatic heterocycles. The van der Waals surface area contributed by atoms with E-state index in [4.69, 9.17) is 21.4 Å². The highest BCUT2D eigenvalue weighted by atomic mass is 35.5. The van der Waals surface area contributed by atoms with Crippen LogP contribution in [-0.4, -0.2) is 22.2 Å². The van der Waals surface area contributed by atoms with E-state index in [0.717, 1.165) is 0 Å². The van der Waals surface area contributed by atoms with Gasteiger partial charge < -0.3 is 9.84 Å². The van der Waals surface area contributed by atoms with Crippen molar-refractivity contribution in [2.24, 2.45) is 0 Å². The van der Waals surface area contributed by atoms with Crippen LogP contribution in [0.5, 0.6) is 6.01 Å². The Morgan fingerprint density at radius 2 is 2.36 bits per heavy atom. The maximum absolute atomic E-state index is 8.68. The van der Waals surface area contributed by atoms with Gasteiger partial charge in [-0.25, -0.2) is 0 Å². The van der Waals surface area contributed by atoms with Gasteiger partial charge in [0.1, 0.15) is 5.15 Å². The Hall–Kier alpha value is -0.870. The Morgan fingerprint density at radius 3 is 2.91 bits per heavy atom. The van der Waals surface area contributed by atoms with Crippen LogP contribution in [0.2, 0.25) is 5.15 Å². The highest BCUT2D eigenvalue weighted by Gasteiger charge is 2.00. The number of ether oxygens (including phenoxy) is 1. The van der Waals surface area contributed by atoms with E-state index in [1.54, 1.807) is 0 Å². The molecule has 11 heavy (non-hydrogen) atoms. The maximum atomic E-state index is 8.68. The van der Waals surface area contributed by atoms with E-state index < -0.39 is 0 Å². The fourth-order valence-corrected chi connectivity index (χ4v) is 0.812. The van der Waals surface area contributed by atoms with E-state index in [0.29, 0.717) is 5.69 Å². The molecule has 1 N–H and O–H groups in total. The molecule has 60 valence electrons. The average molecular weight is 175 g/mol. The van der Waals surface area contributed by atoms with Crippen molar-refractivity contribution in [3.05, 3.63) is 16.9 Å².